The van der Waals surface area contributed by atoms with Crippen molar-refractivity contribution < 1.29 is 4.74 Å². The molecular formula is C18H31NO. The fourth-order valence-electron chi connectivity index (χ4n) is 3.02. The minimum Gasteiger partial charge on any atom is -0.374 e. The van der Waals surface area contributed by atoms with Crippen LogP contribution in [0.25, 0.3) is 0 Å². The van der Waals surface area contributed by atoms with Gasteiger partial charge in [0.05, 0.1) is 5.60 Å². The maximum Gasteiger partial charge on any atom is 0.0781 e. The van der Waals surface area contributed by atoms with Crippen molar-refractivity contribution in [3.8, 4) is 0 Å². The number of rotatable bonds is 7. The van der Waals surface area contributed by atoms with Gasteiger partial charge in [0, 0.05) is 12.6 Å². The van der Waals surface area contributed by atoms with E-state index in [1.165, 1.54) is 22.3 Å². The summed E-state index contributed by atoms with van der Waals surface area (Å²) in [5, 5.41) is 3.60. The van der Waals surface area contributed by atoms with Crippen LogP contribution in [0.1, 0.15) is 49.9 Å². The Bertz CT molecular complexity index is 414. The first-order chi connectivity index (χ1) is 9.31. The quantitative estimate of drug-likeness (QED) is 0.815. The van der Waals surface area contributed by atoms with Crippen molar-refractivity contribution in [1.29, 1.82) is 0 Å². The van der Waals surface area contributed by atoms with E-state index in [2.05, 4.69) is 65.9 Å². The molecule has 0 bridgehead atoms. The summed E-state index contributed by atoms with van der Waals surface area (Å²) in [6, 6.07) is 4.88. The van der Waals surface area contributed by atoms with Gasteiger partial charge in [0.25, 0.3) is 0 Å². The number of ether oxygens (including phenoxy) is 1. The molecule has 1 atom stereocenters. The molecule has 0 aliphatic rings. The number of likely N-dealkylation sites (N-methyl/N-ethyl adjacent to an activating group) is 1. The molecular weight excluding hydrogens is 246 g/mol. The van der Waals surface area contributed by atoms with E-state index in [1.807, 2.05) is 0 Å². The Morgan fingerprint density at radius 3 is 2.10 bits per heavy atom. The Balaban J connectivity index is 3.02. The zero-order valence-electron chi connectivity index (χ0n) is 14.3. The normalized spacial score (nSPS) is 13.6. The summed E-state index contributed by atoms with van der Waals surface area (Å²) in [4.78, 5) is 0. The van der Waals surface area contributed by atoms with Crippen LogP contribution in [0.5, 0.6) is 0 Å². The SMILES string of the molecule is CCNC(Cc1c(C)cc(C)cc1C)C(C)(C)OCC. The van der Waals surface area contributed by atoms with Gasteiger partial charge in [-0.25, -0.2) is 0 Å². The van der Waals surface area contributed by atoms with E-state index in [1.54, 1.807) is 0 Å². The van der Waals surface area contributed by atoms with Crippen LogP contribution in [0, 0.1) is 20.8 Å². The van der Waals surface area contributed by atoms with Gasteiger partial charge in [-0.15, -0.1) is 0 Å². The number of nitrogens with one attached hydrogen (secondary N) is 1. The van der Waals surface area contributed by atoms with Crippen molar-refractivity contribution in [2.45, 2.75) is 66.5 Å². The summed E-state index contributed by atoms with van der Waals surface area (Å²) in [5.74, 6) is 0. The molecule has 20 heavy (non-hydrogen) atoms. The van der Waals surface area contributed by atoms with E-state index in [0.29, 0.717) is 6.04 Å². The largest absolute Gasteiger partial charge is 0.374 e. The van der Waals surface area contributed by atoms with Crippen LogP contribution in [0.2, 0.25) is 0 Å². The van der Waals surface area contributed by atoms with Crippen molar-refractivity contribution in [2.24, 2.45) is 0 Å². The second-order valence-corrected chi connectivity index (χ2v) is 6.23. The standard InChI is InChI=1S/C18H31NO/c1-8-19-17(18(6,7)20-9-2)12-16-14(4)10-13(3)11-15(16)5/h10-11,17,19H,8-9,12H2,1-7H3. The van der Waals surface area contributed by atoms with Gasteiger partial charge in [-0.1, -0.05) is 24.6 Å². The summed E-state index contributed by atoms with van der Waals surface area (Å²) in [5.41, 5.74) is 5.41. The van der Waals surface area contributed by atoms with E-state index in [0.717, 1.165) is 19.6 Å². The molecule has 1 aromatic rings. The third-order valence-corrected chi connectivity index (χ3v) is 4.05. The lowest BCUT2D eigenvalue weighted by atomic mass is 9.87. The Morgan fingerprint density at radius 1 is 1.10 bits per heavy atom. The monoisotopic (exact) mass is 277 g/mol. The van der Waals surface area contributed by atoms with Crippen LogP contribution in [-0.2, 0) is 11.2 Å². The number of hydrogen-bond acceptors (Lipinski definition) is 2. The van der Waals surface area contributed by atoms with Crippen LogP contribution in [0.15, 0.2) is 12.1 Å². The second-order valence-electron chi connectivity index (χ2n) is 6.23. The number of aryl methyl sites for hydroxylation is 3. The third-order valence-electron chi connectivity index (χ3n) is 4.05. The molecule has 1 N–H and O–H groups in total. The molecule has 0 spiro atoms. The number of hydrogen-bond donors (Lipinski definition) is 1. The van der Waals surface area contributed by atoms with Gasteiger partial charge in [-0.3, -0.25) is 0 Å². The minimum absolute atomic E-state index is 0.158. The van der Waals surface area contributed by atoms with Crippen LogP contribution in [0.3, 0.4) is 0 Å². The molecule has 0 heterocycles. The zero-order chi connectivity index (χ0) is 15.3. The molecule has 114 valence electrons. The summed E-state index contributed by atoms with van der Waals surface area (Å²) < 4.78 is 5.96. The summed E-state index contributed by atoms with van der Waals surface area (Å²) in [7, 11) is 0. The van der Waals surface area contributed by atoms with Gasteiger partial charge < -0.3 is 10.1 Å². The fourth-order valence-corrected chi connectivity index (χ4v) is 3.02. The number of benzene rings is 1. The topological polar surface area (TPSA) is 21.3 Å². The highest BCUT2D eigenvalue weighted by Crippen LogP contribution is 2.23. The average Bonchev–Trinajstić information content (AvgIpc) is 2.31. The third kappa shape index (κ3) is 4.32. The lowest BCUT2D eigenvalue weighted by Gasteiger charge is -2.35. The maximum absolute atomic E-state index is 5.96. The van der Waals surface area contributed by atoms with Crippen LogP contribution in [-0.4, -0.2) is 24.8 Å². The van der Waals surface area contributed by atoms with E-state index in [9.17, 15) is 0 Å². The van der Waals surface area contributed by atoms with Gasteiger partial charge in [0.1, 0.15) is 0 Å². The highest BCUT2D eigenvalue weighted by molar-refractivity contribution is 5.38. The predicted octanol–water partition coefficient (Wildman–Crippen LogP) is 3.95. The first kappa shape index (κ1) is 17.2. The van der Waals surface area contributed by atoms with E-state index < -0.39 is 0 Å². The lowest BCUT2D eigenvalue weighted by Crippen LogP contribution is -2.50. The summed E-state index contributed by atoms with van der Waals surface area (Å²) in [6.07, 6.45) is 1.01. The lowest BCUT2D eigenvalue weighted by molar-refractivity contribution is -0.0377. The van der Waals surface area contributed by atoms with Crippen molar-refractivity contribution in [2.75, 3.05) is 13.2 Å². The van der Waals surface area contributed by atoms with Crippen LogP contribution in [0.4, 0.5) is 0 Å². The molecule has 1 rings (SSSR count). The van der Waals surface area contributed by atoms with Crippen LogP contribution < -0.4 is 5.32 Å². The first-order valence-corrected chi connectivity index (χ1v) is 7.75. The molecule has 0 aliphatic carbocycles. The highest BCUT2D eigenvalue weighted by atomic mass is 16.5. The van der Waals surface area contributed by atoms with Gasteiger partial charge in [-0.05, 0) is 71.2 Å². The molecule has 2 nitrogen and oxygen atoms in total. The molecule has 0 amide bonds. The Hall–Kier alpha value is -0.860. The van der Waals surface area contributed by atoms with Gasteiger partial charge in [-0.2, -0.15) is 0 Å². The summed E-state index contributed by atoms with van der Waals surface area (Å²) >= 11 is 0. The Kier molecular flexibility index (Phi) is 6.22. The van der Waals surface area contributed by atoms with Crippen LogP contribution >= 0.6 is 0 Å². The molecule has 0 fully saturated rings. The van der Waals surface area contributed by atoms with E-state index in [-0.39, 0.29) is 5.60 Å². The zero-order valence-corrected chi connectivity index (χ0v) is 14.3. The van der Waals surface area contributed by atoms with Crippen molar-refractivity contribution in [3.63, 3.8) is 0 Å². The molecule has 1 unspecified atom stereocenters. The van der Waals surface area contributed by atoms with Crippen molar-refractivity contribution in [3.05, 3.63) is 34.4 Å². The van der Waals surface area contributed by atoms with Gasteiger partial charge in [0.15, 0.2) is 0 Å². The Labute approximate surface area is 124 Å². The molecule has 0 aromatic heterocycles. The van der Waals surface area contributed by atoms with E-state index in [4.69, 9.17) is 4.74 Å². The summed E-state index contributed by atoms with van der Waals surface area (Å²) in [6.45, 7) is 16.9. The highest BCUT2D eigenvalue weighted by Gasteiger charge is 2.30. The molecule has 2 heteroatoms. The Morgan fingerprint density at radius 2 is 1.65 bits per heavy atom. The predicted molar refractivity (Wildman–Crippen MR) is 87.5 cm³/mol. The molecule has 0 saturated carbocycles. The average molecular weight is 277 g/mol. The smallest absolute Gasteiger partial charge is 0.0781 e. The van der Waals surface area contributed by atoms with Crippen molar-refractivity contribution >= 4 is 0 Å². The maximum atomic E-state index is 5.96. The minimum atomic E-state index is -0.158. The van der Waals surface area contributed by atoms with Gasteiger partial charge >= 0.3 is 0 Å². The first-order valence-electron chi connectivity index (χ1n) is 7.75. The molecule has 0 aliphatic heterocycles. The second kappa shape index (κ2) is 7.24. The molecule has 0 saturated heterocycles. The van der Waals surface area contributed by atoms with Gasteiger partial charge in [0.2, 0.25) is 0 Å². The fraction of sp³-hybridized carbons (Fsp3) is 0.667. The molecule has 0 radical (unpaired) electrons. The van der Waals surface area contributed by atoms with E-state index >= 15 is 0 Å². The molecule has 1 aromatic carbocycles. The van der Waals surface area contributed by atoms with Crippen molar-refractivity contribution in [1.82, 2.24) is 5.32 Å².